The van der Waals surface area contributed by atoms with E-state index in [9.17, 15) is 20.1 Å². The largest absolute Gasteiger partial charge is 0.496 e. The molecule has 0 aliphatic rings. The Morgan fingerprint density at radius 3 is 2.38 bits per heavy atom. The number of thiophene rings is 1. The number of carbonyl (C=O) groups excluding carboxylic acids is 2. The number of benzene rings is 2. The molecule has 0 spiro atoms. The Kier molecular flexibility index (Phi) is 9.48. The fourth-order valence-electron chi connectivity index (χ4n) is 3.74. The number of nitriles is 2. The van der Waals surface area contributed by atoms with Crippen LogP contribution < -0.4 is 14.8 Å². The minimum atomic E-state index is -0.682. The SMILES string of the molecule is COc1ccc(/C=C(\C#N)C(=O)Nc2sc(C(=O)N(C)C)c(C)c2C#N)cc1COc1ccc(C(C)C)cc1. The molecule has 39 heavy (non-hydrogen) atoms. The third kappa shape index (κ3) is 6.84. The molecule has 1 heterocycles. The fraction of sp³-hybridized carbons (Fsp3) is 0.267. The predicted molar refractivity (Wildman–Crippen MR) is 152 cm³/mol. The lowest BCUT2D eigenvalue weighted by Gasteiger charge is -2.12. The molecule has 0 aliphatic heterocycles. The minimum Gasteiger partial charge on any atom is -0.496 e. The van der Waals surface area contributed by atoms with Crippen molar-refractivity contribution in [2.24, 2.45) is 0 Å². The number of nitrogens with zero attached hydrogens (tertiary/aromatic N) is 3. The molecular formula is C30H30N4O4S. The first kappa shape index (κ1) is 29.0. The van der Waals surface area contributed by atoms with E-state index in [0.717, 1.165) is 16.9 Å². The molecule has 2 aromatic carbocycles. The van der Waals surface area contributed by atoms with Crippen molar-refractivity contribution in [3.05, 3.63) is 80.7 Å². The van der Waals surface area contributed by atoms with Crippen LogP contribution in [0.25, 0.3) is 6.08 Å². The summed E-state index contributed by atoms with van der Waals surface area (Å²) in [5.74, 6) is 0.797. The molecule has 2 amide bonds. The zero-order valence-electron chi connectivity index (χ0n) is 22.8. The van der Waals surface area contributed by atoms with E-state index in [1.807, 2.05) is 36.4 Å². The molecule has 1 N–H and O–H groups in total. The zero-order valence-corrected chi connectivity index (χ0v) is 23.6. The third-order valence-corrected chi connectivity index (χ3v) is 7.20. The Morgan fingerprint density at radius 2 is 1.82 bits per heavy atom. The second kappa shape index (κ2) is 12.8. The van der Waals surface area contributed by atoms with Crippen molar-refractivity contribution in [2.45, 2.75) is 33.3 Å². The highest BCUT2D eigenvalue weighted by Crippen LogP contribution is 2.33. The van der Waals surface area contributed by atoms with Crippen molar-refractivity contribution in [3.8, 4) is 23.6 Å². The maximum absolute atomic E-state index is 13.0. The van der Waals surface area contributed by atoms with E-state index in [0.29, 0.717) is 33.4 Å². The van der Waals surface area contributed by atoms with Crippen LogP contribution in [-0.4, -0.2) is 37.9 Å². The van der Waals surface area contributed by atoms with E-state index in [-0.39, 0.29) is 28.7 Å². The summed E-state index contributed by atoms with van der Waals surface area (Å²) >= 11 is 1.01. The summed E-state index contributed by atoms with van der Waals surface area (Å²) in [5, 5.41) is 22.2. The van der Waals surface area contributed by atoms with Crippen LogP contribution >= 0.6 is 11.3 Å². The van der Waals surface area contributed by atoms with E-state index in [2.05, 4.69) is 19.2 Å². The molecule has 0 fully saturated rings. The number of carbonyl (C=O) groups is 2. The van der Waals surface area contributed by atoms with Gasteiger partial charge in [-0.2, -0.15) is 10.5 Å². The highest BCUT2D eigenvalue weighted by atomic mass is 32.1. The van der Waals surface area contributed by atoms with Gasteiger partial charge in [-0.15, -0.1) is 11.3 Å². The van der Waals surface area contributed by atoms with Crippen LogP contribution in [0.5, 0.6) is 11.5 Å². The molecule has 3 rings (SSSR count). The number of nitrogens with one attached hydrogen (secondary N) is 1. The first-order chi connectivity index (χ1) is 18.6. The van der Waals surface area contributed by atoms with Crippen LogP contribution in [0.2, 0.25) is 0 Å². The Hall–Kier alpha value is -4.60. The van der Waals surface area contributed by atoms with Gasteiger partial charge in [-0.3, -0.25) is 9.59 Å². The minimum absolute atomic E-state index is 0.160. The van der Waals surface area contributed by atoms with Gasteiger partial charge in [0.15, 0.2) is 0 Å². The quantitative estimate of drug-likeness (QED) is 0.266. The topological polar surface area (TPSA) is 115 Å². The van der Waals surface area contributed by atoms with Gasteiger partial charge in [-0.1, -0.05) is 32.0 Å². The summed E-state index contributed by atoms with van der Waals surface area (Å²) in [7, 11) is 4.78. The lowest BCUT2D eigenvalue weighted by molar-refractivity contribution is -0.112. The average Bonchev–Trinajstić information content (AvgIpc) is 3.24. The molecule has 0 bridgehead atoms. The monoisotopic (exact) mass is 542 g/mol. The van der Waals surface area contributed by atoms with E-state index in [4.69, 9.17) is 9.47 Å². The Balaban J connectivity index is 1.83. The molecule has 0 saturated carbocycles. The third-order valence-electron chi connectivity index (χ3n) is 6.01. The van der Waals surface area contributed by atoms with Crippen molar-refractivity contribution in [1.29, 1.82) is 10.5 Å². The van der Waals surface area contributed by atoms with Gasteiger partial charge in [0.2, 0.25) is 0 Å². The molecule has 8 nitrogen and oxygen atoms in total. The first-order valence-corrected chi connectivity index (χ1v) is 13.0. The van der Waals surface area contributed by atoms with E-state index >= 15 is 0 Å². The second-order valence-corrected chi connectivity index (χ2v) is 10.3. The van der Waals surface area contributed by atoms with Gasteiger partial charge in [-0.05, 0) is 59.9 Å². The molecule has 0 aliphatic carbocycles. The van der Waals surface area contributed by atoms with Crippen LogP contribution in [0, 0.1) is 29.6 Å². The van der Waals surface area contributed by atoms with Crippen molar-refractivity contribution < 1.29 is 19.1 Å². The molecule has 0 radical (unpaired) electrons. The molecule has 9 heteroatoms. The lowest BCUT2D eigenvalue weighted by atomic mass is 10.0. The van der Waals surface area contributed by atoms with Crippen LogP contribution in [0.15, 0.2) is 48.0 Å². The van der Waals surface area contributed by atoms with E-state index in [1.54, 1.807) is 46.3 Å². The van der Waals surface area contributed by atoms with Crippen molar-refractivity contribution in [2.75, 3.05) is 26.5 Å². The summed E-state index contributed by atoms with van der Waals surface area (Å²) < 4.78 is 11.4. The fourth-order valence-corrected chi connectivity index (χ4v) is 4.91. The second-order valence-electron chi connectivity index (χ2n) is 9.28. The van der Waals surface area contributed by atoms with Gasteiger partial charge < -0.3 is 19.7 Å². The van der Waals surface area contributed by atoms with Gasteiger partial charge in [0, 0.05) is 19.7 Å². The lowest BCUT2D eigenvalue weighted by Crippen LogP contribution is -2.21. The predicted octanol–water partition coefficient (Wildman–Crippen LogP) is 5.89. The molecule has 0 atom stereocenters. The van der Waals surface area contributed by atoms with Crippen LogP contribution in [0.3, 0.4) is 0 Å². The summed E-state index contributed by atoms with van der Waals surface area (Å²) in [5.41, 5.74) is 3.08. The summed E-state index contributed by atoms with van der Waals surface area (Å²) in [6, 6.07) is 17.1. The number of hydrogen-bond acceptors (Lipinski definition) is 7. The van der Waals surface area contributed by atoms with Crippen molar-refractivity contribution in [3.63, 3.8) is 0 Å². The summed E-state index contributed by atoms with van der Waals surface area (Å²) in [6.45, 7) is 6.14. The van der Waals surface area contributed by atoms with Gasteiger partial charge in [0.05, 0.1) is 17.6 Å². The van der Waals surface area contributed by atoms with Crippen molar-refractivity contribution >= 4 is 34.2 Å². The number of hydrogen-bond donors (Lipinski definition) is 1. The van der Waals surface area contributed by atoms with Crippen LogP contribution in [-0.2, 0) is 11.4 Å². The number of rotatable bonds is 9. The van der Waals surface area contributed by atoms with Crippen LogP contribution in [0.4, 0.5) is 5.00 Å². The van der Waals surface area contributed by atoms with Gasteiger partial charge in [0.1, 0.15) is 40.8 Å². The van der Waals surface area contributed by atoms with E-state index < -0.39 is 5.91 Å². The maximum atomic E-state index is 13.0. The van der Waals surface area contributed by atoms with Gasteiger partial charge >= 0.3 is 0 Å². The maximum Gasteiger partial charge on any atom is 0.266 e. The highest BCUT2D eigenvalue weighted by molar-refractivity contribution is 7.18. The molecule has 0 unspecified atom stereocenters. The normalized spacial score (nSPS) is 10.9. The Morgan fingerprint density at radius 1 is 1.13 bits per heavy atom. The number of anilines is 1. The molecule has 1 aromatic heterocycles. The summed E-state index contributed by atoms with van der Waals surface area (Å²) in [4.78, 5) is 27.2. The van der Waals surface area contributed by atoms with Crippen LogP contribution in [0.1, 0.15) is 57.3 Å². The van der Waals surface area contributed by atoms with E-state index in [1.165, 1.54) is 16.5 Å². The van der Waals surface area contributed by atoms with Gasteiger partial charge in [-0.25, -0.2) is 0 Å². The molecule has 3 aromatic rings. The molecule has 200 valence electrons. The number of ether oxygens (including phenoxy) is 2. The summed E-state index contributed by atoms with van der Waals surface area (Å²) in [6.07, 6.45) is 1.45. The average molecular weight is 543 g/mol. The number of methoxy groups -OCH3 is 1. The molecular weight excluding hydrogens is 512 g/mol. The Bertz CT molecular complexity index is 1490. The number of amides is 2. The first-order valence-electron chi connectivity index (χ1n) is 12.2. The zero-order chi connectivity index (χ0) is 28.7. The smallest absolute Gasteiger partial charge is 0.266 e. The molecule has 0 saturated heterocycles. The highest BCUT2D eigenvalue weighted by Gasteiger charge is 2.23. The van der Waals surface area contributed by atoms with Gasteiger partial charge in [0.25, 0.3) is 11.8 Å². The standard InChI is InChI=1S/C30H30N4O4S/c1-18(2)21-8-10-24(11-9-21)38-17-23-14-20(7-12-26(23)37-6)13-22(15-31)28(35)33-29-25(16-32)19(3)27(39-29)30(36)34(4)5/h7-14,18H,17H2,1-6H3,(H,33,35)/b22-13+. The van der Waals surface area contributed by atoms with Crippen molar-refractivity contribution in [1.82, 2.24) is 4.90 Å². The Labute approximate surface area is 232 Å².